The van der Waals surface area contributed by atoms with Gasteiger partial charge in [-0.25, -0.2) is 0 Å². The van der Waals surface area contributed by atoms with Crippen LogP contribution in [0.1, 0.15) is 162 Å². The molecule has 1 heterocycles. The average molecular weight is 791 g/mol. The number of carbonyl (C=O) groups is 2. The van der Waals surface area contributed by atoms with Crippen LogP contribution in [0, 0.1) is 0 Å². The predicted molar refractivity (Wildman–Crippen MR) is 224 cm³/mol. The highest BCUT2D eigenvalue weighted by molar-refractivity contribution is 5.70. The Bertz CT molecular complexity index is 1100. The zero-order chi connectivity index (χ0) is 40.9. The number of hydrogen-bond acceptors (Lipinski definition) is 10. The molecule has 0 radical (unpaired) electrons. The quantitative estimate of drug-likeness (QED) is 0.0278. The van der Waals surface area contributed by atoms with Crippen LogP contribution in [-0.4, -0.2) is 89.0 Å². The van der Waals surface area contributed by atoms with E-state index in [9.17, 15) is 30.0 Å². The lowest BCUT2D eigenvalue weighted by Crippen LogP contribution is -2.59. The highest BCUT2D eigenvalue weighted by Gasteiger charge is 2.44. The summed E-state index contributed by atoms with van der Waals surface area (Å²) in [6.07, 6.45) is 36.6. The van der Waals surface area contributed by atoms with Gasteiger partial charge in [-0.15, -0.1) is 0 Å². The molecule has 2 unspecified atom stereocenters. The Morgan fingerprint density at radius 3 is 1.61 bits per heavy atom. The van der Waals surface area contributed by atoms with Crippen LogP contribution in [0.25, 0.3) is 0 Å². The second-order valence-electron chi connectivity index (χ2n) is 14.8. The molecule has 0 spiro atoms. The third-order valence-electron chi connectivity index (χ3n) is 9.63. The third-order valence-corrected chi connectivity index (χ3v) is 9.63. The van der Waals surface area contributed by atoms with Gasteiger partial charge in [0.25, 0.3) is 0 Å². The van der Waals surface area contributed by atoms with Crippen molar-refractivity contribution in [2.24, 2.45) is 0 Å². The summed E-state index contributed by atoms with van der Waals surface area (Å²) in [5, 5.41) is 40.0. The van der Waals surface area contributed by atoms with Crippen molar-refractivity contribution in [1.29, 1.82) is 0 Å². The summed E-state index contributed by atoms with van der Waals surface area (Å²) in [6.45, 7) is 3.29. The van der Waals surface area contributed by atoms with Crippen molar-refractivity contribution in [1.82, 2.24) is 0 Å². The van der Waals surface area contributed by atoms with E-state index in [0.29, 0.717) is 12.8 Å². The second-order valence-corrected chi connectivity index (χ2v) is 14.8. The zero-order valence-electron chi connectivity index (χ0n) is 34.9. The van der Waals surface area contributed by atoms with Crippen LogP contribution in [0.2, 0.25) is 0 Å². The van der Waals surface area contributed by atoms with Crippen molar-refractivity contribution in [3.05, 3.63) is 60.8 Å². The van der Waals surface area contributed by atoms with Gasteiger partial charge in [-0.2, -0.15) is 0 Å². The Morgan fingerprint density at radius 1 is 0.554 bits per heavy atom. The molecule has 1 saturated heterocycles. The molecule has 56 heavy (non-hydrogen) atoms. The van der Waals surface area contributed by atoms with Gasteiger partial charge in [-0.1, -0.05) is 139 Å². The standard InChI is InChI=1S/C46H78O10/c1-3-5-7-9-11-13-15-17-19-20-21-23-24-26-28-30-32-34-41(48)53-37-39(38-54-46-45(52)44(51)43(50)40(36-47)56-46)55-42(49)35-33-31-29-27-25-22-18-16-14-12-10-8-6-4-2/h10,12,16-19,21,23,26,28,39-40,43-47,50-52H,3-9,11,13-15,20,22,24-25,27,29-38H2,1-2H3/b12-10+,18-16+,19-17+,23-21+,28-26+/t39-,40-,43+,44?,45?,46-/m0/s1. The average Bonchev–Trinajstić information content (AvgIpc) is 3.19. The summed E-state index contributed by atoms with van der Waals surface area (Å²) in [4.78, 5) is 25.3. The van der Waals surface area contributed by atoms with Crippen molar-refractivity contribution in [2.45, 2.75) is 198 Å². The first-order valence-electron chi connectivity index (χ1n) is 21.9. The SMILES string of the molecule is CCCC/C=C/C/C=C/CCCCCCCC(=O)O[C@@H](COC(=O)CCC/C=C/C/C=C/C/C=C/CCCCCCCC)CO[C@H]1O[C@@H](CO)[C@@H](O)C(O)C1O. The number of ether oxygens (including phenoxy) is 4. The predicted octanol–water partition coefficient (Wildman–Crippen LogP) is 9.05. The number of unbranched alkanes of at least 4 members (excludes halogenated alkanes) is 14. The maximum Gasteiger partial charge on any atom is 0.306 e. The van der Waals surface area contributed by atoms with Crippen molar-refractivity contribution in [2.75, 3.05) is 19.8 Å². The van der Waals surface area contributed by atoms with Crippen LogP contribution >= 0.6 is 0 Å². The lowest BCUT2D eigenvalue weighted by Gasteiger charge is -2.39. The fraction of sp³-hybridized carbons (Fsp3) is 0.739. The first-order chi connectivity index (χ1) is 27.3. The van der Waals surface area contributed by atoms with E-state index in [0.717, 1.165) is 70.6 Å². The molecule has 0 saturated carbocycles. The number of carbonyl (C=O) groups excluding carboxylic acids is 2. The fourth-order valence-electron chi connectivity index (χ4n) is 6.10. The van der Waals surface area contributed by atoms with Crippen LogP contribution in [0.4, 0.5) is 0 Å². The molecule has 10 heteroatoms. The maximum absolute atomic E-state index is 12.7. The smallest absolute Gasteiger partial charge is 0.306 e. The van der Waals surface area contributed by atoms with Gasteiger partial charge in [0, 0.05) is 12.8 Å². The Morgan fingerprint density at radius 2 is 1.04 bits per heavy atom. The summed E-state index contributed by atoms with van der Waals surface area (Å²) in [5.74, 6) is -0.889. The Labute approximate surface area is 339 Å². The van der Waals surface area contributed by atoms with Crippen molar-refractivity contribution < 1.29 is 49.0 Å². The molecular weight excluding hydrogens is 712 g/mol. The van der Waals surface area contributed by atoms with Gasteiger partial charge in [0.15, 0.2) is 12.4 Å². The minimum Gasteiger partial charge on any atom is -0.462 e. The molecule has 0 aromatic rings. The molecule has 1 aliphatic rings. The number of hydrogen-bond donors (Lipinski definition) is 4. The molecule has 10 nitrogen and oxygen atoms in total. The van der Waals surface area contributed by atoms with E-state index >= 15 is 0 Å². The topological polar surface area (TPSA) is 152 Å². The molecule has 322 valence electrons. The first-order valence-corrected chi connectivity index (χ1v) is 21.9. The van der Waals surface area contributed by atoms with Gasteiger partial charge in [-0.05, 0) is 70.6 Å². The Kier molecular flexibility index (Phi) is 33.7. The number of rotatable bonds is 35. The molecule has 4 N–H and O–H groups in total. The normalized spacial score (nSPS) is 21.0. The molecule has 6 atom stereocenters. The van der Waals surface area contributed by atoms with Crippen LogP contribution in [-0.2, 0) is 28.5 Å². The van der Waals surface area contributed by atoms with E-state index in [1.807, 2.05) is 0 Å². The van der Waals surface area contributed by atoms with Crippen molar-refractivity contribution in [3.8, 4) is 0 Å². The first kappa shape index (κ1) is 51.4. The molecular formula is C46H78O10. The van der Waals surface area contributed by atoms with Crippen LogP contribution in [0.3, 0.4) is 0 Å². The van der Waals surface area contributed by atoms with E-state index in [1.165, 1.54) is 51.4 Å². The van der Waals surface area contributed by atoms with Gasteiger partial charge in [-0.3, -0.25) is 9.59 Å². The summed E-state index contributed by atoms with van der Waals surface area (Å²) in [5.41, 5.74) is 0. The summed E-state index contributed by atoms with van der Waals surface area (Å²) in [7, 11) is 0. The molecule has 0 bridgehead atoms. The van der Waals surface area contributed by atoms with E-state index < -0.39 is 55.4 Å². The zero-order valence-corrected chi connectivity index (χ0v) is 34.9. The molecule has 0 amide bonds. The highest BCUT2D eigenvalue weighted by Crippen LogP contribution is 2.22. The van der Waals surface area contributed by atoms with E-state index in [1.54, 1.807) is 0 Å². The largest absolute Gasteiger partial charge is 0.462 e. The van der Waals surface area contributed by atoms with Gasteiger partial charge < -0.3 is 39.4 Å². The number of aliphatic hydroxyl groups excluding tert-OH is 4. The van der Waals surface area contributed by atoms with Gasteiger partial charge >= 0.3 is 11.9 Å². The van der Waals surface area contributed by atoms with Crippen LogP contribution in [0.15, 0.2) is 60.8 Å². The molecule has 1 rings (SSSR count). The molecule has 0 aromatic carbocycles. The minimum absolute atomic E-state index is 0.198. The lowest BCUT2D eigenvalue weighted by molar-refractivity contribution is -0.305. The fourth-order valence-corrected chi connectivity index (χ4v) is 6.10. The van der Waals surface area contributed by atoms with Crippen LogP contribution < -0.4 is 0 Å². The Balaban J connectivity index is 2.40. The Hall–Kier alpha value is -2.60. The van der Waals surface area contributed by atoms with Gasteiger partial charge in [0.1, 0.15) is 31.0 Å². The number of aliphatic hydroxyl groups is 4. The molecule has 0 aromatic heterocycles. The minimum atomic E-state index is -1.61. The molecule has 1 aliphatic heterocycles. The summed E-state index contributed by atoms with van der Waals surface area (Å²) < 4.78 is 22.1. The number of allylic oxidation sites excluding steroid dienone is 10. The van der Waals surface area contributed by atoms with E-state index in [-0.39, 0.29) is 26.1 Å². The van der Waals surface area contributed by atoms with E-state index in [2.05, 4.69) is 74.6 Å². The van der Waals surface area contributed by atoms with E-state index in [4.69, 9.17) is 18.9 Å². The summed E-state index contributed by atoms with van der Waals surface area (Å²) in [6, 6.07) is 0. The second kappa shape index (κ2) is 36.7. The molecule has 0 aliphatic carbocycles. The monoisotopic (exact) mass is 791 g/mol. The van der Waals surface area contributed by atoms with Crippen molar-refractivity contribution >= 4 is 11.9 Å². The van der Waals surface area contributed by atoms with Crippen LogP contribution in [0.5, 0.6) is 0 Å². The summed E-state index contributed by atoms with van der Waals surface area (Å²) >= 11 is 0. The lowest BCUT2D eigenvalue weighted by atomic mass is 9.99. The third kappa shape index (κ3) is 27.9. The van der Waals surface area contributed by atoms with Gasteiger partial charge in [0.2, 0.25) is 0 Å². The molecule has 1 fully saturated rings. The maximum atomic E-state index is 12.7. The van der Waals surface area contributed by atoms with Crippen molar-refractivity contribution in [3.63, 3.8) is 0 Å². The van der Waals surface area contributed by atoms with Gasteiger partial charge in [0.05, 0.1) is 13.2 Å². The highest BCUT2D eigenvalue weighted by atomic mass is 16.7. The number of esters is 2.